The summed E-state index contributed by atoms with van der Waals surface area (Å²) < 4.78 is 7.38. The van der Waals surface area contributed by atoms with Crippen LogP contribution in [-0.4, -0.2) is 29.0 Å². The number of aryl methyl sites for hydroxylation is 1. The van der Waals surface area contributed by atoms with E-state index in [1.54, 1.807) is 36.3 Å². The Balaban J connectivity index is 1.57. The highest BCUT2D eigenvalue weighted by atomic mass is 35.5. The SMILES string of the molecule is COc1ccccc1CNC(=O)[C@]1(C)Cn2c(cc3ccsc32)C(=O)N1c1ccc(C)c(Cl)c1. The van der Waals surface area contributed by atoms with Crippen LogP contribution in [-0.2, 0) is 17.9 Å². The minimum Gasteiger partial charge on any atom is -0.496 e. The third-order valence-electron chi connectivity index (χ3n) is 6.42. The summed E-state index contributed by atoms with van der Waals surface area (Å²) >= 11 is 7.98. The van der Waals surface area contributed by atoms with E-state index in [9.17, 15) is 9.59 Å². The van der Waals surface area contributed by atoms with Gasteiger partial charge >= 0.3 is 0 Å². The summed E-state index contributed by atoms with van der Waals surface area (Å²) in [6.07, 6.45) is 0. The highest BCUT2D eigenvalue weighted by molar-refractivity contribution is 7.16. The summed E-state index contributed by atoms with van der Waals surface area (Å²) in [4.78, 5) is 30.2. The zero-order valence-corrected chi connectivity index (χ0v) is 20.7. The fourth-order valence-corrected chi connectivity index (χ4v) is 5.61. The molecule has 2 aromatic heterocycles. The average molecular weight is 494 g/mol. The van der Waals surface area contributed by atoms with Crippen LogP contribution in [0.5, 0.6) is 5.75 Å². The molecule has 2 aromatic carbocycles. The molecule has 0 fully saturated rings. The van der Waals surface area contributed by atoms with Crippen LogP contribution in [0.3, 0.4) is 0 Å². The molecule has 0 saturated heterocycles. The molecule has 2 amide bonds. The van der Waals surface area contributed by atoms with Crippen molar-refractivity contribution < 1.29 is 14.3 Å². The molecular formula is C26H24ClN3O3S. The quantitative estimate of drug-likeness (QED) is 0.404. The van der Waals surface area contributed by atoms with E-state index in [0.29, 0.717) is 28.7 Å². The molecule has 0 saturated carbocycles. The van der Waals surface area contributed by atoms with Crippen molar-refractivity contribution in [3.05, 3.63) is 81.8 Å². The second-order valence-electron chi connectivity index (χ2n) is 8.64. The number of methoxy groups -OCH3 is 1. The first-order valence-electron chi connectivity index (χ1n) is 10.9. The van der Waals surface area contributed by atoms with Gasteiger partial charge in [0.2, 0.25) is 5.91 Å². The predicted octanol–water partition coefficient (Wildman–Crippen LogP) is 5.41. The van der Waals surface area contributed by atoms with Gasteiger partial charge in [-0.05, 0) is 55.1 Å². The lowest BCUT2D eigenvalue weighted by Crippen LogP contribution is -2.64. The number of benzene rings is 2. The van der Waals surface area contributed by atoms with Gasteiger partial charge in [-0.15, -0.1) is 11.3 Å². The third-order valence-corrected chi connectivity index (χ3v) is 7.78. The van der Waals surface area contributed by atoms with Crippen molar-refractivity contribution in [1.82, 2.24) is 9.88 Å². The fraction of sp³-hybridized carbons (Fsp3) is 0.231. The standard InChI is InChI=1S/C26H24ClN3O3S/c1-16-8-9-19(13-20(16)27)30-23(31)21-12-17-10-11-34-24(17)29(21)15-26(30,2)25(32)28-14-18-6-4-5-7-22(18)33-3/h4-13H,14-15H2,1-3H3,(H,28,32)/t26-/m0/s1. The van der Waals surface area contributed by atoms with Gasteiger partial charge in [-0.3, -0.25) is 14.5 Å². The Kier molecular flexibility index (Phi) is 5.62. The zero-order valence-electron chi connectivity index (χ0n) is 19.1. The van der Waals surface area contributed by atoms with Crippen molar-refractivity contribution in [2.24, 2.45) is 0 Å². The van der Waals surface area contributed by atoms with Crippen molar-refractivity contribution in [1.29, 1.82) is 0 Å². The minimum atomic E-state index is -1.18. The van der Waals surface area contributed by atoms with Crippen LogP contribution in [0.1, 0.15) is 28.5 Å². The molecule has 1 N–H and O–H groups in total. The van der Waals surface area contributed by atoms with Crippen molar-refractivity contribution in [3.8, 4) is 5.75 Å². The van der Waals surface area contributed by atoms with Crippen molar-refractivity contribution in [2.75, 3.05) is 12.0 Å². The number of ether oxygens (including phenoxy) is 1. The maximum Gasteiger partial charge on any atom is 0.275 e. The number of nitrogens with one attached hydrogen (secondary N) is 1. The first-order valence-corrected chi connectivity index (χ1v) is 12.2. The molecule has 0 unspecified atom stereocenters. The zero-order chi connectivity index (χ0) is 24.0. The summed E-state index contributed by atoms with van der Waals surface area (Å²) in [7, 11) is 1.60. The molecule has 8 heteroatoms. The lowest BCUT2D eigenvalue weighted by molar-refractivity contribution is -0.126. The second kappa shape index (κ2) is 8.49. The van der Waals surface area contributed by atoms with Gasteiger partial charge in [-0.25, -0.2) is 0 Å². The lowest BCUT2D eigenvalue weighted by atomic mass is 9.93. The maximum atomic E-state index is 13.8. The van der Waals surface area contributed by atoms with Crippen molar-refractivity contribution in [2.45, 2.75) is 32.5 Å². The summed E-state index contributed by atoms with van der Waals surface area (Å²) in [5, 5.41) is 6.57. The van der Waals surface area contributed by atoms with E-state index >= 15 is 0 Å². The number of para-hydroxylation sites is 1. The van der Waals surface area contributed by atoms with Crippen LogP contribution in [0, 0.1) is 6.92 Å². The minimum absolute atomic E-state index is 0.232. The van der Waals surface area contributed by atoms with Gasteiger partial charge in [0.25, 0.3) is 5.91 Å². The third kappa shape index (κ3) is 3.56. The molecule has 4 aromatic rings. The van der Waals surface area contributed by atoms with Crippen LogP contribution in [0.2, 0.25) is 5.02 Å². The number of carbonyl (C=O) groups excluding carboxylic acids is 2. The van der Waals surface area contributed by atoms with Crippen LogP contribution in [0.4, 0.5) is 5.69 Å². The van der Waals surface area contributed by atoms with E-state index in [1.165, 1.54) is 0 Å². The topological polar surface area (TPSA) is 63.6 Å². The normalized spacial score (nSPS) is 17.6. The van der Waals surface area contributed by atoms with Crippen LogP contribution < -0.4 is 15.0 Å². The number of anilines is 1. The number of hydrogen-bond donors (Lipinski definition) is 1. The number of fused-ring (bicyclic) bond motifs is 3. The number of carbonyl (C=O) groups is 2. The number of amides is 2. The number of nitrogens with zero attached hydrogens (tertiary/aromatic N) is 2. The summed E-state index contributed by atoms with van der Waals surface area (Å²) in [5.41, 5.74) is 1.73. The Morgan fingerprint density at radius 2 is 2.00 bits per heavy atom. The van der Waals surface area contributed by atoms with Gasteiger partial charge in [0, 0.05) is 28.2 Å². The van der Waals surface area contributed by atoms with Gasteiger partial charge in [-0.1, -0.05) is 35.9 Å². The molecule has 1 atom stereocenters. The number of rotatable bonds is 5. The molecule has 6 nitrogen and oxygen atoms in total. The molecule has 34 heavy (non-hydrogen) atoms. The molecule has 1 aliphatic rings. The van der Waals surface area contributed by atoms with Crippen LogP contribution in [0.15, 0.2) is 60.0 Å². The first-order chi connectivity index (χ1) is 16.3. The van der Waals surface area contributed by atoms with Gasteiger partial charge in [0.1, 0.15) is 21.8 Å². The van der Waals surface area contributed by atoms with Crippen LogP contribution >= 0.6 is 22.9 Å². The molecule has 3 heterocycles. The highest BCUT2D eigenvalue weighted by Gasteiger charge is 2.48. The second-order valence-corrected chi connectivity index (χ2v) is 9.94. The van der Waals surface area contributed by atoms with Gasteiger partial charge in [-0.2, -0.15) is 0 Å². The molecule has 0 bridgehead atoms. The Hall–Kier alpha value is -3.29. The average Bonchev–Trinajstić information content (AvgIpc) is 3.42. The van der Waals surface area contributed by atoms with Crippen LogP contribution in [0.25, 0.3) is 10.2 Å². The number of halogens is 1. The Bertz CT molecular complexity index is 1430. The smallest absolute Gasteiger partial charge is 0.275 e. The van der Waals surface area contributed by atoms with E-state index in [-0.39, 0.29) is 18.4 Å². The molecule has 174 valence electrons. The van der Waals surface area contributed by atoms with Crippen molar-refractivity contribution in [3.63, 3.8) is 0 Å². The van der Waals surface area contributed by atoms with E-state index < -0.39 is 5.54 Å². The molecule has 5 rings (SSSR count). The largest absolute Gasteiger partial charge is 0.496 e. The number of thiophene rings is 1. The van der Waals surface area contributed by atoms with E-state index in [0.717, 1.165) is 21.3 Å². The number of hydrogen-bond acceptors (Lipinski definition) is 4. The van der Waals surface area contributed by atoms with Gasteiger partial charge in [0.15, 0.2) is 0 Å². The Morgan fingerprint density at radius 3 is 2.76 bits per heavy atom. The number of aromatic nitrogens is 1. The van der Waals surface area contributed by atoms with E-state index in [4.69, 9.17) is 16.3 Å². The Morgan fingerprint density at radius 1 is 1.21 bits per heavy atom. The first kappa shape index (κ1) is 22.5. The van der Waals surface area contributed by atoms with Crippen molar-refractivity contribution >= 4 is 50.7 Å². The molecule has 0 radical (unpaired) electrons. The summed E-state index contributed by atoms with van der Waals surface area (Å²) in [5.74, 6) is 0.208. The molecule has 0 aliphatic carbocycles. The van der Waals surface area contributed by atoms with E-state index in [2.05, 4.69) is 5.32 Å². The maximum absolute atomic E-state index is 13.8. The fourth-order valence-electron chi connectivity index (χ4n) is 4.54. The van der Waals surface area contributed by atoms with Gasteiger partial charge < -0.3 is 14.6 Å². The molecule has 1 aliphatic heterocycles. The summed E-state index contributed by atoms with van der Waals surface area (Å²) in [6, 6.07) is 16.9. The summed E-state index contributed by atoms with van der Waals surface area (Å²) in [6.45, 7) is 4.31. The Labute approximate surface area is 206 Å². The highest BCUT2D eigenvalue weighted by Crippen LogP contribution is 2.38. The predicted molar refractivity (Wildman–Crippen MR) is 136 cm³/mol. The lowest BCUT2D eigenvalue weighted by Gasteiger charge is -2.44. The van der Waals surface area contributed by atoms with Gasteiger partial charge in [0.05, 0.1) is 13.7 Å². The molecular weight excluding hydrogens is 470 g/mol. The molecule has 0 spiro atoms. The monoisotopic (exact) mass is 493 g/mol. The van der Waals surface area contributed by atoms with E-state index in [1.807, 2.05) is 65.4 Å².